The molecular weight excluding hydrogens is 345 g/mol. The number of rotatable bonds is 5. The molecule has 4 nitrogen and oxygen atoms in total. The summed E-state index contributed by atoms with van der Waals surface area (Å²) in [6.45, 7) is 2.54. The molecule has 0 aliphatic carbocycles. The fraction of sp³-hybridized carbons (Fsp3) is 0.167. The summed E-state index contributed by atoms with van der Waals surface area (Å²) in [6, 6.07) is 10.8. The van der Waals surface area contributed by atoms with Crippen molar-refractivity contribution in [1.82, 2.24) is 5.32 Å². The molecule has 24 heavy (non-hydrogen) atoms. The quantitative estimate of drug-likeness (QED) is 0.553. The van der Waals surface area contributed by atoms with E-state index < -0.39 is 0 Å². The molecule has 0 radical (unpaired) electrons. The third-order valence-corrected chi connectivity index (χ3v) is 4.31. The van der Waals surface area contributed by atoms with Crippen LogP contribution in [-0.4, -0.2) is 12.5 Å². The lowest BCUT2D eigenvalue weighted by molar-refractivity contribution is -0.117. The minimum Gasteiger partial charge on any atom is -0.398 e. The largest absolute Gasteiger partial charge is 0.398 e. The lowest BCUT2D eigenvalue weighted by Crippen LogP contribution is -2.29. The van der Waals surface area contributed by atoms with Crippen LogP contribution in [0.4, 0.5) is 5.69 Å². The number of hydrogen-bond donors (Lipinski definition) is 3. The van der Waals surface area contributed by atoms with Crippen molar-refractivity contribution in [3.05, 3.63) is 57.7 Å². The minimum absolute atomic E-state index is 0.101. The molecule has 2 rings (SSSR count). The number of anilines is 1. The van der Waals surface area contributed by atoms with E-state index in [2.05, 4.69) is 5.32 Å². The lowest BCUT2D eigenvalue weighted by atomic mass is 9.99. The van der Waals surface area contributed by atoms with E-state index in [1.807, 2.05) is 25.1 Å². The van der Waals surface area contributed by atoms with Crippen molar-refractivity contribution in [2.24, 2.45) is 5.73 Å². The molecule has 0 bridgehead atoms. The summed E-state index contributed by atoms with van der Waals surface area (Å²) in [6.07, 6.45) is 2.40. The number of nitrogens with two attached hydrogens (primary N) is 2. The molecule has 6 heteroatoms. The fourth-order valence-corrected chi connectivity index (χ4v) is 2.63. The number of nitrogen functional groups attached to an aromatic ring is 1. The maximum Gasteiger partial charge on any atom is 0.267 e. The van der Waals surface area contributed by atoms with E-state index in [1.54, 1.807) is 24.3 Å². The molecule has 2 aromatic rings. The number of hydrogen-bond acceptors (Lipinski definition) is 3. The second-order valence-electron chi connectivity index (χ2n) is 5.27. The standard InChI is InChI=1S/C18H19Cl2N3O/c1-2-9-23-18(24)15(21)10-11-5-3-7-13(17(11)22)12-6-4-8-14(19)16(12)20/h3-8,10H,2,9,21-22H2,1H3,(H,23,24)/b15-10-. The second-order valence-corrected chi connectivity index (χ2v) is 6.05. The number of carbonyl (C=O) groups is 1. The Morgan fingerprint density at radius 3 is 2.54 bits per heavy atom. The Morgan fingerprint density at radius 1 is 1.17 bits per heavy atom. The zero-order valence-corrected chi connectivity index (χ0v) is 14.8. The summed E-state index contributed by atoms with van der Waals surface area (Å²) in [5.41, 5.74) is 14.8. The van der Waals surface area contributed by atoms with Gasteiger partial charge in [0.2, 0.25) is 0 Å². The van der Waals surface area contributed by atoms with Crippen LogP contribution in [-0.2, 0) is 4.79 Å². The molecule has 0 unspecified atom stereocenters. The van der Waals surface area contributed by atoms with Gasteiger partial charge in [0.15, 0.2) is 0 Å². The molecule has 0 aliphatic heterocycles. The summed E-state index contributed by atoms with van der Waals surface area (Å²) < 4.78 is 0. The number of nitrogens with one attached hydrogen (secondary N) is 1. The van der Waals surface area contributed by atoms with E-state index in [0.29, 0.717) is 27.8 Å². The summed E-state index contributed by atoms with van der Waals surface area (Å²) in [5.74, 6) is -0.317. The predicted octanol–water partition coefficient (Wildman–Crippen LogP) is 4.07. The maximum absolute atomic E-state index is 11.9. The van der Waals surface area contributed by atoms with Crippen molar-refractivity contribution in [3.8, 4) is 11.1 Å². The number of benzene rings is 2. The molecule has 0 fully saturated rings. The molecule has 0 saturated carbocycles. The van der Waals surface area contributed by atoms with Crippen LogP contribution in [0.3, 0.4) is 0 Å². The predicted molar refractivity (Wildman–Crippen MR) is 102 cm³/mol. The van der Waals surface area contributed by atoms with Crippen molar-refractivity contribution in [3.63, 3.8) is 0 Å². The molecule has 0 aromatic heterocycles. The SMILES string of the molecule is CCCNC(=O)/C(N)=C/c1cccc(-c2cccc(Cl)c2Cl)c1N. The zero-order valence-electron chi connectivity index (χ0n) is 13.3. The molecule has 0 saturated heterocycles. The van der Waals surface area contributed by atoms with Gasteiger partial charge in [-0.3, -0.25) is 4.79 Å². The third-order valence-electron chi connectivity index (χ3n) is 3.49. The molecule has 1 amide bonds. The highest BCUT2D eigenvalue weighted by Gasteiger charge is 2.12. The number of para-hydroxylation sites is 1. The molecule has 5 N–H and O–H groups in total. The van der Waals surface area contributed by atoms with E-state index in [0.717, 1.165) is 17.5 Å². The van der Waals surface area contributed by atoms with E-state index in [9.17, 15) is 4.79 Å². The van der Waals surface area contributed by atoms with Gasteiger partial charge in [-0.2, -0.15) is 0 Å². The first-order valence-electron chi connectivity index (χ1n) is 7.54. The first-order valence-corrected chi connectivity index (χ1v) is 8.29. The average Bonchev–Trinajstić information content (AvgIpc) is 2.57. The van der Waals surface area contributed by atoms with Crippen LogP contribution in [0.1, 0.15) is 18.9 Å². The lowest BCUT2D eigenvalue weighted by Gasteiger charge is -2.12. The van der Waals surface area contributed by atoms with Gasteiger partial charge in [0, 0.05) is 28.9 Å². The molecular formula is C18H19Cl2N3O. The Labute approximate surface area is 151 Å². The average molecular weight is 364 g/mol. The van der Waals surface area contributed by atoms with E-state index in [1.165, 1.54) is 0 Å². The van der Waals surface area contributed by atoms with E-state index in [-0.39, 0.29) is 11.6 Å². The normalized spacial score (nSPS) is 11.4. The Morgan fingerprint density at radius 2 is 1.83 bits per heavy atom. The van der Waals surface area contributed by atoms with Gasteiger partial charge in [-0.05, 0) is 18.6 Å². The highest BCUT2D eigenvalue weighted by Crippen LogP contribution is 2.37. The van der Waals surface area contributed by atoms with Crippen LogP contribution in [0.2, 0.25) is 10.0 Å². The molecule has 0 spiro atoms. The first kappa shape index (κ1) is 18.2. The van der Waals surface area contributed by atoms with Crippen LogP contribution >= 0.6 is 23.2 Å². The van der Waals surface area contributed by atoms with Crippen molar-refractivity contribution >= 4 is 40.9 Å². The minimum atomic E-state index is -0.317. The summed E-state index contributed by atoms with van der Waals surface area (Å²) in [7, 11) is 0. The zero-order chi connectivity index (χ0) is 17.7. The van der Waals surface area contributed by atoms with Crippen LogP contribution < -0.4 is 16.8 Å². The smallest absolute Gasteiger partial charge is 0.267 e. The Kier molecular flexibility index (Phi) is 6.12. The molecule has 0 atom stereocenters. The van der Waals surface area contributed by atoms with Crippen molar-refractivity contribution in [2.45, 2.75) is 13.3 Å². The van der Waals surface area contributed by atoms with E-state index in [4.69, 9.17) is 34.7 Å². The summed E-state index contributed by atoms with van der Waals surface area (Å²) in [4.78, 5) is 11.9. The highest BCUT2D eigenvalue weighted by molar-refractivity contribution is 6.43. The summed E-state index contributed by atoms with van der Waals surface area (Å²) in [5, 5.41) is 3.61. The molecule has 126 valence electrons. The van der Waals surface area contributed by atoms with Crippen LogP contribution in [0.5, 0.6) is 0 Å². The first-order chi connectivity index (χ1) is 11.5. The van der Waals surface area contributed by atoms with Gasteiger partial charge in [0.05, 0.1) is 15.7 Å². The van der Waals surface area contributed by atoms with Crippen molar-refractivity contribution in [1.29, 1.82) is 0 Å². The number of carbonyl (C=O) groups excluding carboxylic acids is 1. The second kappa shape index (κ2) is 8.08. The van der Waals surface area contributed by atoms with E-state index >= 15 is 0 Å². The van der Waals surface area contributed by atoms with Gasteiger partial charge >= 0.3 is 0 Å². The fourth-order valence-electron chi connectivity index (χ4n) is 2.23. The topological polar surface area (TPSA) is 81.1 Å². The maximum atomic E-state index is 11.9. The van der Waals surface area contributed by atoms with Crippen LogP contribution in [0.15, 0.2) is 42.1 Å². The number of amides is 1. The Hall–Kier alpha value is -2.17. The number of halogens is 2. The van der Waals surface area contributed by atoms with Gasteiger partial charge in [-0.1, -0.05) is 60.5 Å². The van der Waals surface area contributed by atoms with Gasteiger partial charge < -0.3 is 16.8 Å². The Balaban J connectivity index is 2.41. The van der Waals surface area contributed by atoms with Gasteiger partial charge in [-0.25, -0.2) is 0 Å². The molecule has 2 aromatic carbocycles. The third kappa shape index (κ3) is 4.02. The molecule has 0 aliphatic rings. The van der Waals surface area contributed by atoms with Gasteiger partial charge in [0.25, 0.3) is 5.91 Å². The van der Waals surface area contributed by atoms with Crippen molar-refractivity contribution in [2.75, 3.05) is 12.3 Å². The monoisotopic (exact) mass is 363 g/mol. The van der Waals surface area contributed by atoms with Gasteiger partial charge in [-0.15, -0.1) is 0 Å². The Bertz CT molecular complexity index is 788. The highest BCUT2D eigenvalue weighted by atomic mass is 35.5. The van der Waals surface area contributed by atoms with Crippen molar-refractivity contribution < 1.29 is 4.79 Å². The van der Waals surface area contributed by atoms with Gasteiger partial charge in [0.1, 0.15) is 0 Å². The van der Waals surface area contributed by atoms with Crippen LogP contribution in [0.25, 0.3) is 17.2 Å². The summed E-state index contributed by atoms with van der Waals surface area (Å²) >= 11 is 12.3. The van der Waals surface area contributed by atoms with Crippen LogP contribution in [0, 0.1) is 0 Å². The molecule has 0 heterocycles.